The fourth-order valence-corrected chi connectivity index (χ4v) is 3.73. The van der Waals surface area contributed by atoms with Crippen LogP contribution in [0.2, 0.25) is 0 Å². The number of carbonyl (C=O) groups excluding carboxylic acids is 4. The lowest BCUT2D eigenvalue weighted by molar-refractivity contribution is -0.143. The Labute approximate surface area is 172 Å². The average Bonchev–Trinajstić information content (AvgIpc) is 3.38. The van der Waals surface area contributed by atoms with Crippen LogP contribution in [0.3, 0.4) is 0 Å². The number of amides is 4. The number of fused-ring (bicyclic) bond motifs is 1. The van der Waals surface area contributed by atoms with Crippen molar-refractivity contribution in [3.05, 3.63) is 66.1 Å². The zero-order chi connectivity index (χ0) is 21.1. The van der Waals surface area contributed by atoms with Crippen LogP contribution in [0.4, 0.5) is 5.69 Å². The average molecular weight is 407 g/mol. The van der Waals surface area contributed by atoms with Crippen LogP contribution in [0.25, 0.3) is 0 Å². The van der Waals surface area contributed by atoms with Crippen molar-refractivity contribution in [2.24, 2.45) is 11.8 Å². The summed E-state index contributed by atoms with van der Waals surface area (Å²) < 4.78 is 5.04. The van der Waals surface area contributed by atoms with Gasteiger partial charge in [0.2, 0.25) is 17.7 Å². The number of nitrogens with zero attached hydrogens (tertiary/aromatic N) is 1. The van der Waals surface area contributed by atoms with Crippen LogP contribution < -0.4 is 10.6 Å². The molecule has 0 radical (unpaired) electrons. The molecular weight excluding hydrogens is 386 g/mol. The van der Waals surface area contributed by atoms with Crippen molar-refractivity contribution in [1.82, 2.24) is 10.2 Å². The van der Waals surface area contributed by atoms with Crippen LogP contribution in [0.1, 0.15) is 29.0 Å². The summed E-state index contributed by atoms with van der Waals surface area (Å²) >= 11 is 0. The van der Waals surface area contributed by atoms with Gasteiger partial charge in [-0.25, -0.2) is 0 Å². The molecule has 2 heterocycles. The van der Waals surface area contributed by atoms with Gasteiger partial charge in [0.05, 0.1) is 18.1 Å². The summed E-state index contributed by atoms with van der Waals surface area (Å²) in [5.41, 5.74) is 1.41. The van der Waals surface area contributed by atoms with Crippen molar-refractivity contribution in [2.45, 2.75) is 19.4 Å². The second-order valence-electron chi connectivity index (χ2n) is 7.32. The molecule has 8 nitrogen and oxygen atoms in total. The quantitative estimate of drug-likeness (QED) is 0.563. The summed E-state index contributed by atoms with van der Waals surface area (Å²) in [6.45, 7) is -0.0160. The number of hydrogen-bond acceptors (Lipinski definition) is 5. The highest BCUT2D eigenvalue weighted by atomic mass is 16.3. The maximum absolute atomic E-state index is 12.4. The van der Waals surface area contributed by atoms with Gasteiger partial charge in [-0.3, -0.25) is 24.1 Å². The molecule has 2 atom stereocenters. The topological polar surface area (TPSA) is 109 Å². The van der Waals surface area contributed by atoms with Crippen molar-refractivity contribution in [1.29, 1.82) is 0 Å². The Morgan fingerprint density at radius 2 is 1.67 bits per heavy atom. The van der Waals surface area contributed by atoms with Gasteiger partial charge in [0, 0.05) is 12.2 Å². The van der Waals surface area contributed by atoms with Crippen LogP contribution in [0.15, 0.2) is 59.2 Å². The first-order chi connectivity index (χ1) is 14.5. The van der Waals surface area contributed by atoms with Gasteiger partial charge >= 0.3 is 0 Å². The van der Waals surface area contributed by atoms with Crippen molar-refractivity contribution in [2.75, 3.05) is 11.9 Å². The predicted molar refractivity (Wildman–Crippen MR) is 107 cm³/mol. The van der Waals surface area contributed by atoms with E-state index >= 15 is 0 Å². The Balaban J connectivity index is 1.27. The second kappa shape index (κ2) is 8.36. The van der Waals surface area contributed by atoms with Crippen LogP contribution in [0.5, 0.6) is 0 Å². The number of carbonyl (C=O) groups is 4. The summed E-state index contributed by atoms with van der Waals surface area (Å²) in [6.07, 6.45) is 6.36. The number of anilines is 1. The van der Waals surface area contributed by atoms with Gasteiger partial charge in [-0.2, -0.15) is 0 Å². The van der Waals surface area contributed by atoms with E-state index in [9.17, 15) is 19.2 Å². The molecule has 8 heteroatoms. The van der Waals surface area contributed by atoms with E-state index in [0.717, 1.165) is 10.5 Å². The van der Waals surface area contributed by atoms with Crippen LogP contribution in [0, 0.1) is 11.8 Å². The molecule has 2 unspecified atom stereocenters. The zero-order valence-corrected chi connectivity index (χ0v) is 16.2. The van der Waals surface area contributed by atoms with E-state index in [-0.39, 0.29) is 48.4 Å². The molecule has 4 amide bonds. The summed E-state index contributed by atoms with van der Waals surface area (Å²) in [7, 11) is 0. The molecule has 0 spiro atoms. The molecule has 1 saturated heterocycles. The normalized spacial score (nSPS) is 20.2. The molecule has 0 bridgehead atoms. The Kier molecular flexibility index (Phi) is 5.47. The van der Waals surface area contributed by atoms with E-state index < -0.39 is 5.91 Å². The maximum atomic E-state index is 12.4. The molecular formula is C22H21N3O5. The van der Waals surface area contributed by atoms with Crippen LogP contribution in [-0.4, -0.2) is 35.1 Å². The zero-order valence-electron chi connectivity index (χ0n) is 16.2. The van der Waals surface area contributed by atoms with E-state index in [2.05, 4.69) is 10.6 Å². The van der Waals surface area contributed by atoms with Crippen LogP contribution >= 0.6 is 0 Å². The number of benzene rings is 1. The summed E-state index contributed by atoms with van der Waals surface area (Å²) in [5.74, 6) is -1.72. The van der Waals surface area contributed by atoms with E-state index in [0.29, 0.717) is 18.5 Å². The fourth-order valence-electron chi connectivity index (χ4n) is 3.73. The van der Waals surface area contributed by atoms with E-state index in [4.69, 9.17) is 4.42 Å². The fraction of sp³-hybridized carbons (Fsp3) is 0.273. The highest BCUT2D eigenvalue weighted by Gasteiger charge is 2.47. The largest absolute Gasteiger partial charge is 0.459 e. The number of imide groups is 1. The maximum Gasteiger partial charge on any atom is 0.291 e. The third-order valence-corrected chi connectivity index (χ3v) is 5.35. The summed E-state index contributed by atoms with van der Waals surface area (Å²) in [4.78, 5) is 50.1. The van der Waals surface area contributed by atoms with Crippen molar-refractivity contribution in [3.8, 4) is 0 Å². The number of rotatable bonds is 6. The van der Waals surface area contributed by atoms with Crippen molar-refractivity contribution >= 4 is 29.3 Å². The molecule has 154 valence electrons. The minimum atomic E-state index is -0.390. The molecule has 1 aliphatic carbocycles. The molecule has 2 aromatic rings. The molecule has 0 saturated carbocycles. The van der Waals surface area contributed by atoms with Gasteiger partial charge in [0.1, 0.15) is 6.54 Å². The SMILES string of the molecule is O=C(CN1C(=O)C2CC=CCC2C1=O)NCc1ccc(NC(=O)c2ccco2)cc1. The van der Waals surface area contributed by atoms with E-state index in [1.165, 1.54) is 6.26 Å². The van der Waals surface area contributed by atoms with Crippen molar-refractivity contribution in [3.63, 3.8) is 0 Å². The first-order valence-electron chi connectivity index (χ1n) is 9.73. The molecule has 30 heavy (non-hydrogen) atoms. The van der Waals surface area contributed by atoms with Gasteiger partial charge < -0.3 is 15.1 Å². The lowest BCUT2D eigenvalue weighted by atomic mass is 9.85. The third-order valence-electron chi connectivity index (χ3n) is 5.35. The van der Waals surface area contributed by atoms with Gasteiger partial charge in [0.25, 0.3) is 5.91 Å². The molecule has 2 N–H and O–H groups in total. The first-order valence-corrected chi connectivity index (χ1v) is 9.73. The van der Waals surface area contributed by atoms with E-state index in [1.54, 1.807) is 36.4 Å². The Hall–Kier alpha value is -3.68. The first kappa shape index (κ1) is 19.6. The third kappa shape index (κ3) is 4.03. The monoisotopic (exact) mass is 407 g/mol. The highest BCUT2D eigenvalue weighted by molar-refractivity contribution is 6.07. The number of hydrogen-bond donors (Lipinski definition) is 2. The standard InChI is InChI=1S/C22H21N3O5/c26-19(13-25-21(28)16-4-1-2-5-17(16)22(25)29)23-12-14-7-9-15(10-8-14)24-20(27)18-6-3-11-30-18/h1-3,6-11,16-17H,4-5,12-13H2,(H,23,26)(H,24,27). The lowest BCUT2D eigenvalue weighted by Gasteiger charge is -2.14. The predicted octanol–water partition coefficient (Wildman–Crippen LogP) is 2.10. The summed E-state index contributed by atoms with van der Waals surface area (Å²) in [6, 6.07) is 10.2. The number of allylic oxidation sites excluding steroid dienone is 2. The van der Waals surface area contributed by atoms with Gasteiger partial charge in [-0.1, -0.05) is 24.3 Å². The van der Waals surface area contributed by atoms with Gasteiger partial charge in [-0.15, -0.1) is 0 Å². The smallest absolute Gasteiger partial charge is 0.291 e. The van der Waals surface area contributed by atoms with Gasteiger partial charge in [0.15, 0.2) is 5.76 Å². The summed E-state index contributed by atoms with van der Waals surface area (Å²) in [5, 5.41) is 5.44. The van der Waals surface area contributed by atoms with Gasteiger partial charge in [-0.05, 0) is 42.7 Å². The second-order valence-corrected chi connectivity index (χ2v) is 7.32. The Bertz CT molecular complexity index is 968. The molecule has 4 rings (SSSR count). The van der Waals surface area contributed by atoms with Crippen molar-refractivity contribution < 1.29 is 23.6 Å². The number of nitrogens with one attached hydrogen (secondary N) is 2. The Morgan fingerprint density at radius 1 is 1.00 bits per heavy atom. The molecule has 2 aliphatic rings. The molecule has 1 aromatic carbocycles. The minimum absolute atomic E-state index is 0.216. The van der Waals surface area contributed by atoms with E-state index in [1.807, 2.05) is 12.2 Å². The lowest BCUT2D eigenvalue weighted by Crippen LogP contribution is -2.40. The molecule has 1 aliphatic heterocycles. The number of likely N-dealkylation sites (tertiary alicyclic amines) is 1. The van der Waals surface area contributed by atoms with Crippen LogP contribution in [-0.2, 0) is 20.9 Å². The number of furan rings is 1. The highest BCUT2D eigenvalue weighted by Crippen LogP contribution is 2.34. The molecule has 1 fully saturated rings. The molecule has 1 aromatic heterocycles. The Morgan fingerprint density at radius 3 is 2.27 bits per heavy atom. The minimum Gasteiger partial charge on any atom is -0.459 e.